The summed E-state index contributed by atoms with van der Waals surface area (Å²) in [5.41, 5.74) is 2.47. The van der Waals surface area contributed by atoms with E-state index in [1.54, 1.807) is 36.0 Å². The SMILES string of the molecule is COC(=O)C(Nc1ccc(Cl)cc1)c1cncs1. The third-order valence-corrected chi connectivity index (χ3v) is 3.42. The maximum atomic E-state index is 11.7. The molecule has 1 N–H and O–H groups in total. The lowest BCUT2D eigenvalue weighted by Gasteiger charge is -2.15. The number of halogens is 1. The van der Waals surface area contributed by atoms with Crippen LogP contribution in [0.1, 0.15) is 10.9 Å². The molecule has 18 heavy (non-hydrogen) atoms. The first-order chi connectivity index (χ1) is 8.70. The molecule has 94 valence electrons. The van der Waals surface area contributed by atoms with E-state index < -0.39 is 6.04 Å². The molecule has 1 aromatic heterocycles. The number of hydrogen-bond donors (Lipinski definition) is 1. The molecule has 6 heteroatoms. The molecule has 4 nitrogen and oxygen atoms in total. The lowest BCUT2D eigenvalue weighted by atomic mass is 10.2. The highest BCUT2D eigenvalue weighted by molar-refractivity contribution is 7.09. The number of benzene rings is 1. The van der Waals surface area contributed by atoms with Crippen LogP contribution in [-0.4, -0.2) is 18.1 Å². The number of thiazole rings is 1. The first kappa shape index (κ1) is 12.9. The van der Waals surface area contributed by atoms with E-state index in [0.717, 1.165) is 10.6 Å². The van der Waals surface area contributed by atoms with Crippen LogP contribution in [0.3, 0.4) is 0 Å². The van der Waals surface area contributed by atoms with Crippen LogP contribution >= 0.6 is 22.9 Å². The van der Waals surface area contributed by atoms with Gasteiger partial charge in [0.25, 0.3) is 0 Å². The van der Waals surface area contributed by atoms with Crippen LogP contribution in [0.5, 0.6) is 0 Å². The Morgan fingerprint density at radius 1 is 1.44 bits per heavy atom. The summed E-state index contributed by atoms with van der Waals surface area (Å²) in [5.74, 6) is -0.353. The van der Waals surface area contributed by atoms with Crippen LogP contribution in [0.25, 0.3) is 0 Å². The number of rotatable bonds is 4. The Bertz CT molecular complexity index is 513. The first-order valence-electron chi connectivity index (χ1n) is 5.19. The summed E-state index contributed by atoms with van der Waals surface area (Å²) < 4.78 is 4.78. The molecule has 1 aromatic carbocycles. The first-order valence-corrected chi connectivity index (χ1v) is 6.45. The fourth-order valence-electron chi connectivity index (χ4n) is 1.45. The van der Waals surface area contributed by atoms with Crippen LogP contribution in [0.15, 0.2) is 36.0 Å². The second-order valence-electron chi connectivity index (χ2n) is 3.51. The molecular weight excluding hydrogens is 272 g/mol. The number of carbonyl (C=O) groups excluding carboxylic acids is 1. The average molecular weight is 283 g/mol. The van der Waals surface area contributed by atoms with E-state index in [9.17, 15) is 4.79 Å². The molecule has 2 rings (SSSR count). The smallest absolute Gasteiger partial charge is 0.333 e. The molecule has 0 aliphatic carbocycles. The number of esters is 1. The van der Waals surface area contributed by atoms with Gasteiger partial charge in [-0.15, -0.1) is 11.3 Å². The summed E-state index contributed by atoms with van der Waals surface area (Å²) >= 11 is 7.21. The van der Waals surface area contributed by atoms with Gasteiger partial charge in [0.1, 0.15) is 0 Å². The molecule has 0 amide bonds. The maximum absolute atomic E-state index is 11.7. The van der Waals surface area contributed by atoms with Gasteiger partial charge in [-0.25, -0.2) is 4.79 Å². The Hall–Kier alpha value is -1.59. The minimum absolute atomic E-state index is 0.353. The van der Waals surface area contributed by atoms with Gasteiger partial charge in [-0.3, -0.25) is 4.98 Å². The van der Waals surface area contributed by atoms with Crippen molar-refractivity contribution in [3.05, 3.63) is 45.9 Å². The van der Waals surface area contributed by atoms with E-state index in [0.29, 0.717) is 5.02 Å². The molecule has 0 bridgehead atoms. The number of hydrogen-bond acceptors (Lipinski definition) is 5. The highest BCUT2D eigenvalue weighted by Crippen LogP contribution is 2.24. The van der Waals surface area contributed by atoms with Crippen molar-refractivity contribution >= 4 is 34.6 Å². The van der Waals surface area contributed by atoms with Crippen molar-refractivity contribution < 1.29 is 9.53 Å². The van der Waals surface area contributed by atoms with Gasteiger partial charge in [0.05, 0.1) is 17.5 Å². The Labute approximate surface area is 114 Å². The Morgan fingerprint density at radius 2 is 2.17 bits per heavy atom. The highest BCUT2D eigenvalue weighted by atomic mass is 35.5. The average Bonchev–Trinajstić information content (AvgIpc) is 2.91. The maximum Gasteiger partial charge on any atom is 0.333 e. The zero-order chi connectivity index (χ0) is 13.0. The second kappa shape index (κ2) is 5.84. The number of nitrogens with one attached hydrogen (secondary N) is 1. The minimum Gasteiger partial charge on any atom is -0.467 e. The number of carbonyl (C=O) groups is 1. The zero-order valence-electron chi connectivity index (χ0n) is 9.59. The van der Waals surface area contributed by atoms with Crippen molar-refractivity contribution in [2.24, 2.45) is 0 Å². The molecule has 0 aliphatic heterocycles. The van der Waals surface area contributed by atoms with Crippen LogP contribution in [0.4, 0.5) is 5.69 Å². The monoisotopic (exact) mass is 282 g/mol. The fourth-order valence-corrected chi connectivity index (χ4v) is 2.23. The molecule has 0 radical (unpaired) electrons. The van der Waals surface area contributed by atoms with Gasteiger partial charge < -0.3 is 10.1 Å². The quantitative estimate of drug-likeness (QED) is 0.876. The number of nitrogens with zero attached hydrogens (tertiary/aromatic N) is 1. The molecular formula is C12H11ClN2O2S. The summed E-state index contributed by atoms with van der Waals surface area (Å²) in [4.78, 5) is 16.5. The van der Waals surface area contributed by atoms with Crippen molar-refractivity contribution in [1.82, 2.24) is 4.98 Å². The third kappa shape index (κ3) is 3.00. The van der Waals surface area contributed by atoms with Gasteiger partial charge in [-0.2, -0.15) is 0 Å². The Morgan fingerprint density at radius 3 is 2.72 bits per heavy atom. The van der Waals surface area contributed by atoms with E-state index in [2.05, 4.69) is 10.3 Å². The van der Waals surface area contributed by atoms with Crippen LogP contribution in [0.2, 0.25) is 5.02 Å². The van der Waals surface area contributed by atoms with Crippen molar-refractivity contribution in [2.75, 3.05) is 12.4 Å². The number of aromatic nitrogens is 1. The van der Waals surface area contributed by atoms with Gasteiger partial charge in [-0.1, -0.05) is 11.6 Å². The van der Waals surface area contributed by atoms with Gasteiger partial charge in [0.15, 0.2) is 6.04 Å². The lowest BCUT2D eigenvalue weighted by Crippen LogP contribution is -2.21. The normalized spacial score (nSPS) is 11.9. The number of ether oxygens (including phenoxy) is 1. The predicted molar refractivity (Wildman–Crippen MR) is 71.9 cm³/mol. The molecule has 0 fully saturated rings. The minimum atomic E-state index is -0.552. The standard InChI is InChI=1S/C12H11ClN2O2S/c1-17-12(16)11(10-6-14-7-18-10)15-9-4-2-8(13)3-5-9/h2-7,11,15H,1H3. The van der Waals surface area contributed by atoms with Gasteiger partial charge in [-0.05, 0) is 24.3 Å². The lowest BCUT2D eigenvalue weighted by molar-refractivity contribution is -0.141. The molecule has 1 atom stereocenters. The van der Waals surface area contributed by atoms with Gasteiger partial charge in [0, 0.05) is 16.9 Å². The van der Waals surface area contributed by atoms with Crippen LogP contribution in [0, 0.1) is 0 Å². The topological polar surface area (TPSA) is 51.2 Å². The Balaban J connectivity index is 2.20. The summed E-state index contributed by atoms with van der Waals surface area (Å²) in [6.07, 6.45) is 1.65. The van der Waals surface area contributed by atoms with Crippen LogP contribution in [-0.2, 0) is 9.53 Å². The molecule has 1 heterocycles. The molecule has 1 unspecified atom stereocenters. The summed E-state index contributed by atoms with van der Waals surface area (Å²) in [6, 6.07) is 6.57. The predicted octanol–water partition coefficient (Wildman–Crippen LogP) is 3.12. The fraction of sp³-hybridized carbons (Fsp3) is 0.167. The van der Waals surface area contributed by atoms with Crippen LogP contribution < -0.4 is 5.32 Å². The molecule has 2 aromatic rings. The van der Waals surface area contributed by atoms with Crippen molar-refractivity contribution in [3.8, 4) is 0 Å². The zero-order valence-corrected chi connectivity index (χ0v) is 11.2. The Kier molecular flexibility index (Phi) is 4.17. The van der Waals surface area contributed by atoms with E-state index in [4.69, 9.17) is 16.3 Å². The van der Waals surface area contributed by atoms with Crippen molar-refractivity contribution in [2.45, 2.75) is 6.04 Å². The molecule has 0 aliphatic rings. The van der Waals surface area contributed by atoms with Crippen molar-refractivity contribution in [3.63, 3.8) is 0 Å². The summed E-state index contributed by atoms with van der Waals surface area (Å²) in [5, 5.41) is 3.74. The van der Waals surface area contributed by atoms with E-state index >= 15 is 0 Å². The highest BCUT2D eigenvalue weighted by Gasteiger charge is 2.22. The van der Waals surface area contributed by atoms with Gasteiger partial charge in [0.2, 0.25) is 0 Å². The summed E-state index contributed by atoms with van der Waals surface area (Å²) in [7, 11) is 1.36. The largest absolute Gasteiger partial charge is 0.467 e. The van der Waals surface area contributed by atoms with Gasteiger partial charge >= 0.3 is 5.97 Å². The van der Waals surface area contributed by atoms with E-state index in [1.807, 2.05) is 0 Å². The third-order valence-electron chi connectivity index (χ3n) is 2.33. The van der Waals surface area contributed by atoms with E-state index in [1.165, 1.54) is 18.4 Å². The van der Waals surface area contributed by atoms with Crippen molar-refractivity contribution in [1.29, 1.82) is 0 Å². The number of methoxy groups -OCH3 is 1. The molecule has 0 spiro atoms. The number of anilines is 1. The molecule has 0 saturated carbocycles. The summed E-state index contributed by atoms with van der Waals surface area (Å²) in [6.45, 7) is 0. The molecule has 0 saturated heterocycles. The van der Waals surface area contributed by atoms with E-state index in [-0.39, 0.29) is 5.97 Å². The second-order valence-corrected chi connectivity index (χ2v) is 4.87.